The molecular weight excluding hydrogens is 148 g/mol. The molecule has 0 radical (unpaired) electrons. The maximum atomic E-state index is 4.26. The Morgan fingerprint density at radius 3 is 2.92 bits per heavy atom. The summed E-state index contributed by atoms with van der Waals surface area (Å²) in [5.41, 5.74) is 2.54. The van der Waals surface area contributed by atoms with Gasteiger partial charge in [0.25, 0.3) is 0 Å². The molecule has 1 aliphatic rings. The van der Waals surface area contributed by atoms with Crippen LogP contribution < -0.4 is 0 Å². The fraction of sp³-hybridized carbons (Fsp3) is 0.500. The van der Waals surface area contributed by atoms with Gasteiger partial charge < -0.3 is 0 Å². The molecule has 0 aromatic carbocycles. The largest absolute Gasteiger partial charge is 0.299 e. The van der Waals surface area contributed by atoms with Crippen LogP contribution in [0.1, 0.15) is 17.7 Å². The van der Waals surface area contributed by atoms with Crippen molar-refractivity contribution in [2.75, 3.05) is 13.1 Å². The minimum absolute atomic E-state index is 1.08. The molecule has 0 aliphatic carbocycles. The Bertz CT molecular complexity index is 266. The zero-order chi connectivity index (χ0) is 8.39. The van der Waals surface area contributed by atoms with Gasteiger partial charge in [0.2, 0.25) is 0 Å². The topological polar surface area (TPSA) is 16.1 Å². The molecule has 0 amide bonds. The van der Waals surface area contributed by atoms with Gasteiger partial charge in [-0.25, -0.2) is 0 Å². The van der Waals surface area contributed by atoms with Crippen LogP contribution in [0.3, 0.4) is 0 Å². The van der Waals surface area contributed by atoms with Crippen LogP contribution >= 0.6 is 0 Å². The number of hydrogen-bond acceptors (Lipinski definition) is 2. The molecule has 2 heteroatoms. The highest BCUT2D eigenvalue weighted by atomic mass is 15.2. The van der Waals surface area contributed by atoms with Gasteiger partial charge in [-0.1, -0.05) is 6.07 Å². The molecule has 0 unspecified atom stereocenters. The highest BCUT2D eigenvalue weighted by Crippen LogP contribution is 2.13. The van der Waals surface area contributed by atoms with Crippen molar-refractivity contribution in [1.82, 2.24) is 9.88 Å². The second-order valence-corrected chi connectivity index (χ2v) is 3.38. The summed E-state index contributed by atoms with van der Waals surface area (Å²) in [6.45, 7) is 5.68. The van der Waals surface area contributed by atoms with Crippen LogP contribution in [-0.4, -0.2) is 23.0 Å². The van der Waals surface area contributed by atoms with Crippen LogP contribution in [0.5, 0.6) is 0 Å². The number of likely N-dealkylation sites (tertiary alicyclic amines) is 1. The van der Waals surface area contributed by atoms with E-state index in [0.29, 0.717) is 0 Å². The lowest BCUT2D eigenvalue weighted by molar-refractivity contribution is 0.172. The van der Waals surface area contributed by atoms with Gasteiger partial charge in [0.15, 0.2) is 0 Å². The molecule has 0 bridgehead atoms. The highest BCUT2D eigenvalue weighted by molar-refractivity contribution is 5.18. The zero-order valence-corrected chi connectivity index (χ0v) is 7.45. The second kappa shape index (κ2) is 3.23. The van der Waals surface area contributed by atoms with Crippen molar-refractivity contribution >= 4 is 0 Å². The lowest BCUT2D eigenvalue weighted by Gasteiger charge is -2.30. The maximum Gasteiger partial charge on any atom is 0.0417 e. The minimum atomic E-state index is 1.08. The van der Waals surface area contributed by atoms with Crippen LogP contribution in [0.15, 0.2) is 18.3 Å². The molecule has 1 aromatic heterocycles. The van der Waals surface area contributed by atoms with Gasteiger partial charge in [-0.15, -0.1) is 0 Å². The number of aryl methyl sites for hydroxylation is 1. The molecule has 1 aliphatic heterocycles. The molecule has 1 fully saturated rings. The second-order valence-electron chi connectivity index (χ2n) is 3.38. The predicted octanol–water partition coefficient (Wildman–Crippen LogP) is 1.60. The number of nitrogens with zero attached hydrogens (tertiary/aromatic N) is 2. The van der Waals surface area contributed by atoms with E-state index in [1.165, 1.54) is 30.8 Å². The van der Waals surface area contributed by atoms with Crippen LogP contribution in [0.4, 0.5) is 0 Å². The van der Waals surface area contributed by atoms with Crippen molar-refractivity contribution in [3.8, 4) is 0 Å². The quantitative estimate of drug-likeness (QED) is 0.656. The van der Waals surface area contributed by atoms with Gasteiger partial charge >= 0.3 is 0 Å². The molecule has 0 spiro atoms. The van der Waals surface area contributed by atoms with E-state index in [1.807, 2.05) is 12.3 Å². The van der Waals surface area contributed by atoms with Crippen molar-refractivity contribution in [1.29, 1.82) is 0 Å². The van der Waals surface area contributed by atoms with Crippen molar-refractivity contribution in [2.24, 2.45) is 0 Å². The summed E-state index contributed by atoms with van der Waals surface area (Å²) >= 11 is 0. The predicted molar refractivity (Wildman–Crippen MR) is 48.9 cm³/mol. The fourth-order valence-corrected chi connectivity index (χ4v) is 1.47. The van der Waals surface area contributed by atoms with Crippen molar-refractivity contribution < 1.29 is 0 Å². The van der Waals surface area contributed by atoms with Gasteiger partial charge in [-0.2, -0.15) is 0 Å². The summed E-state index contributed by atoms with van der Waals surface area (Å²) in [4.78, 5) is 6.71. The zero-order valence-electron chi connectivity index (χ0n) is 7.45. The van der Waals surface area contributed by atoms with Crippen molar-refractivity contribution in [3.63, 3.8) is 0 Å². The third-order valence-electron chi connectivity index (χ3n) is 2.46. The lowest BCUT2D eigenvalue weighted by Crippen LogP contribution is -2.36. The Kier molecular flexibility index (Phi) is 2.09. The third-order valence-corrected chi connectivity index (χ3v) is 2.46. The van der Waals surface area contributed by atoms with E-state index in [9.17, 15) is 0 Å². The van der Waals surface area contributed by atoms with Crippen LogP contribution in [-0.2, 0) is 6.54 Å². The SMILES string of the molecule is Cc1ncccc1CN1CCC1. The Labute approximate surface area is 73.2 Å². The van der Waals surface area contributed by atoms with E-state index in [1.54, 1.807) is 0 Å². The Morgan fingerprint density at radius 2 is 2.33 bits per heavy atom. The smallest absolute Gasteiger partial charge is 0.0417 e. The average molecular weight is 162 g/mol. The molecule has 1 saturated heterocycles. The van der Waals surface area contributed by atoms with Crippen LogP contribution in [0, 0.1) is 6.92 Å². The standard InChI is InChI=1S/C10H14N2/c1-9-10(4-2-5-11-9)8-12-6-3-7-12/h2,4-5H,3,6-8H2,1H3. The van der Waals surface area contributed by atoms with E-state index in [0.717, 1.165) is 6.54 Å². The third kappa shape index (κ3) is 1.48. The van der Waals surface area contributed by atoms with Gasteiger partial charge in [-0.3, -0.25) is 9.88 Å². The normalized spacial score (nSPS) is 17.4. The first-order valence-corrected chi connectivity index (χ1v) is 4.49. The van der Waals surface area contributed by atoms with Gasteiger partial charge in [0, 0.05) is 18.4 Å². The molecule has 0 N–H and O–H groups in total. The average Bonchev–Trinajstić information content (AvgIpc) is 2.00. The monoisotopic (exact) mass is 162 g/mol. The molecule has 2 nitrogen and oxygen atoms in total. The van der Waals surface area contributed by atoms with Crippen molar-refractivity contribution in [3.05, 3.63) is 29.6 Å². The molecule has 2 heterocycles. The van der Waals surface area contributed by atoms with E-state index >= 15 is 0 Å². The van der Waals surface area contributed by atoms with E-state index < -0.39 is 0 Å². The summed E-state index contributed by atoms with van der Waals surface area (Å²) in [5.74, 6) is 0. The summed E-state index contributed by atoms with van der Waals surface area (Å²) in [5, 5.41) is 0. The van der Waals surface area contributed by atoms with E-state index in [-0.39, 0.29) is 0 Å². The number of hydrogen-bond donors (Lipinski definition) is 0. The number of aromatic nitrogens is 1. The summed E-state index contributed by atoms with van der Waals surface area (Å²) < 4.78 is 0. The first-order valence-electron chi connectivity index (χ1n) is 4.49. The summed E-state index contributed by atoms with van der Waals surface area (Å²) in [7, 11) is 0. The summed E-state index contributed by atoms with van der Waals surface area (Å²) in [6.07, 6.45) is 3.22. The fourth-order valence-electron chi connectivity index (χ4n) is 1.47. The maximum absolute atomic E-state index is 4.26. The molecule has 0 atom stereocenters. The van der Waals surface area contributed by atoms with Crippen molar-refractivity contribution in [2.45, 2.75) is 19.9 Å². The van der Waals surface area contributed by atoms with Gasteiger partial charge in [0.05, 0.1) is 0 Å². The van der Waals surface area contributed by atoms with Gasteiger partial charge in [0.1, 0.15) is 0 Å². The molecule has 0 saturated carbocycles. The number of rotatable bonds is 2. The molecule has 12 heavy (non-hydrogen) atoms. The first kappa shape index (κ1) is 7.74. The summed E-state index contributed by atoms with van der Waals surface area (Å²) in [6, 6.07) is 4.18. The van der Waals surface area contributed by atoms with E-state index in [2.05, 4.69) is 22.9 Å². The Morgan fingerprint density at radius 1 is 1.50 bits per heavy atom. The first-order chi connectivity index (χ1) is 5.86. The highest BCUT2D eigenvalue weighted by Gasteiger charge is 2.14. The molecule has 2 rings (SSSR count). The van der Waals surface area contributed by atoms with Gasteiger partial charge in [-0.05, 0) is 38.1 Å². The van der Waals surface area contributed by atoms with Crippen LogP contribution in [0.25, 0.3) is 0 Å². The minimum Gasteiger partial charge on any atom is -0.299 e. The Balaban J connectivity index is 2.06. The lowest BCUT2D eigenvalue weighted by atomic mass is 10.1. The molecular formula is C10H14N2. The van der Waals surface area contributed by atoms with E-state index in [4.69, 9.17) is 0 Å². The Hall–Kier alpha value is -0.890. The van der Waals surface area contributed by atoms with Crippen LogP contribution in [0.2, 0.25) is 0 Å². The number of pyridine rings is 1. The molecule has 64 valence electrons. The molecule has 1 aromatic rings.